The number of carboxylic acid groups (broad SMARTS) is 1. The monoisotopic (exact) mass is 296 g/mol. The van der Waals surface area contributed by atoms with E-state index in [1.807, 2.05) is 10.8 Å². The van der Waals surface area contributed by atoms with E-state index in [1.165, 1.54) is 6.08 Å². The minimum atomic E-state index is -1.74. The number of aromatic nitrogens is 2. The van der Waals surface area contributed by atoms with Crippen molar-refractivity contribution >= 4 is 20.4 Å². The number of carbonyl (C=O) groups is 1. The molecule has 0 aliphatic heterocycles. The second-order valence-electron chi connectivity index (χ2n) is 6.26. The second-order valence-corrected chi connectivity index (χ2v) is 11.1. The highest BCUT2D eigenvalue weighted by molar-refractivity contribution is 6.74. The standard InChI is InChI=1S/C14H24N2O3Si/c1-14(2,3)20(4,5)19-11-10-16-9-8-15-12(16)6-7-13(17)18/h6-9H,10-11H2,1-5H3,(H,17,18)/b7-6+. The van der Waals surface area contributed by atoms with Crippen LogP contribution in [0.1, 0.15) is 26.6 Å². The molecule has 1 N–H and O–H groups in total. The Morgan fingerprint density at radius 1 is 1.50 bits per heavy atom. The number of nitrogens with zero attached hydrogens (tertiary/aromatic N) is 2. The molecule has 1 heterocycles. The molecule has 1 rings (SSSR count). The highest BCUT2D eigenvalue weighted by Crippen LogP contribution is 2.36. The topological polar surface area (TPSA) is 64.4 Å². The molecule has 5 nitrogen and oxygen atoms in total. The smallest absolute Gasteiger partial charge is 0.328 e. The van der Waals surface area contributed by atoms with Crippen molar-refractivity contribution in [1.82, 2.24) is 9.55 Å². The average molecular weight is 296 g/mol. The Kier molecular flexibility index (Phi) is 5.30. The fourth-order valence-electron chi connectivity index (χ4n) is 1.43. The van der Waals surface area contributed by atoms with Gasteiger partial charge in [0.1, 0.15) is 5.82 Å². The van der Waals surface area contributed by atoms with E-state index < -0.39 is 14.3 Å². The Hall–Kier alpha value is -1.40. The number of hydrogen-bond donors (Lipinski definition) is 1. The molecule has 0 saturated carbocycles. The third-order valence-corrected chi connectivity index (χ3v) is 8.26. The van der Waals surface area contributed by atoms with Gasteiger partial charge in [0.2, 0.25) is 0 Å². The molecule has 0 fully saturated rings. The Labute approximate surface area is 121 Å². The number of aliphatic carboxylic acids is 1. The van der Waals surface area contributed by atoms with Crippen molar-refractivity contribution in [3.8, 4) is 0 Å². The molecule has 0 aromatic carbocycles. The van der Waals surface area contributed by atoms with Gasteiger partial charge in [0.05, 0.1) is 6.61 Å². The molecule has 112 valence electrons. The van der Waals surface area contributed by atoms with Gasteiger partial charge in [-0.3, -0.25) is 0 Å². The van der Waals surface area contributed by atoms with Gasteiger partial charge in [-0.2, -0.15) is 0 Å². The molecule has 0 aliphatic rings. The molecule has 0 spiro atoms. The van der Waals surface area contributed by atoms with Gasteiger partial charge in [0, 0.05) is 25.0 Å². The first-order valence-corrected chi connectivity index (χ1v) is 9.60. The van der Waals surface area contributed by atoms with Gasteiger partial charge in [0.15, 0.2) is 8.32 Å². The Bertz CT molecular complexity index is 487. The van der Waals surface area contributed by atoms with Crippen LogP contribution < -0.4 is 0 Å². The first kappa shape index (κ1) is 16.7. The van der Waals surface area contributed by atoms with Gasteiger partial charge in [-0.05, 0) is 24.2 Å². The average Bonchev–Trinajstić information content (AvgIpc) is 2.72. The van der Waals surface area contributed by atoms with Crippen LogP contribution in [0.5, 0.6) is 0 Å². The van der Waals surface area contributed by atoms with E-state index in [0.29, 0.717) is 19.0 Å². The van der Waals surface area contributed by atoms with E-state index in [1.54, 1.807) is 6.20 Å². The predicted octanol–water partition coefficient (Wildman–Crippen LogP) is 3.00. The van der Waals surface area contributed by atoms with Gasteiger partial charge < -0.3 is 14.1 Å². The summed E-state index contributed by atoms with van der Waals surface area (Å²) in [5.74, 6) is -0.344. The van der Waals surface area contributed by atoms with Crippen molar-refractivity contribution in [2.45, 2.75) is 45.4 Å². The summed E-state index contributed by atoms with van der Waals surface area (Å²) in [5.41, 5.74) is 0. The van der Waals surface area contributed by atoms with Crippen LogP contribution in [0, 0.1) is 0 Å². The third kappa shape index (κ3) is 4.61. The lowest BCUT2D eigenvalue weighted by Gasteiger charge is -2.36. The summed E-state index contributed by atoms with van der Waals surface area (Å²) >= 11 is 0. The largest absolute Gasteiger partial charge is 0.478 e. The van der Waals surface area contributed by atoms with Crippen molar-refractivity contribution in [2.75, 3.05) is 6.61 Å². The summed E-state index contributed by atoms with van der Waals surface area (Å²) < 4.78 is 7.99. The number of hydrogen-bond acceptors (Lipinski definition) is 3. The lowest BCUT2D eigenvalue weighted by Crippen LogP contribution is -2.41. The molecule has 0 bridgehead atoms. The molecule has 0 radical (unpaired) electrons. The van der Waals surface area contributed by atoms with Crippen molar-refractivity contribution in [1.29, 1.82) is 0 Å². The first-order chi connectivity index (χ1) is 9.13. The highest BCUT2D eigenvalue weighted by Gasteiger charge is 2.36. The normalized spacial score (nSPS) is 13.1. The molecule has 0 saturated heterocycles. The van der Waals surface area contributed by atoms with Crippen molar-refractivity contribution in [3.05, 3.63) is 24.3 Å². The SMILES string of the molecule is CC(C)(C)[Si](C)(C)OCCn1ccnc1/C=C/C(=O)O. The number of carboxylic acids is 1. The zero-order valence-corrected chi connectivity index (χ0v) is 13.9. The van der Waals surface area contributed by atoms with E-state index in [-0.39, 0.29) is 5.04 Å². The van der Waals surface area contributed by atoms with E-state index in [0.717, 1.165) is 6.08 Å². The molecule has 0 aliphatic carbocycles. The lowest BCUT2D eigenvalue weighted by molar-refractivity contribution is -0.131. The Balaban J connectivity index is 2.60. The van der Waals surface area contributed by atoms with Crippen LogP contribution in [0.25, 0.3) is 6.08 Å². The van der Waals surface area contributed by atoms with Gasteiger partial charge >= 0.3 is 5.97 Å². The van der Waals surface area contributed by atoms with Crippen LogP contribution in [0.3, 0.4) is 0 Å². The molecule has 1 aromatic rings. The number of imidazole rings is 1. The van der Waals surface area contributed by atoms with Crippen molar-refractivity contribution in [2.24, 2.45) is 0 Å². The lowest BCUT2D eigenvalue weighted by atomic mass is 10.2. The summed E-state index contributed by atoms with van der Waals surface area (Å²) in [6.07, 6.45) is 6.08. The zero-order valence-electron chi connectivity index (χ0n) is 12.9. The van der Waals surface area contributed by atoms with Crippen LogP contribution in [-0.2, 0) is 15.8 Å². The maximum absolute atomic E-state index is 10.5. The molecular formula is C14H24N2O3Si. The van der Waals surface area contributed by atoms with Crippen LogP contribution in [0.4, 0.5) is 0 Å². The minimum absolute atomic E-state index is 0.188. The fraction of sp³-hybridized carbons (Fsp3) is 0.571. The molecule has 0 unspecified atom stereocenters. The third-order valence-electron chi connectivity index (χ3n) is 3.72. The maximum atomic E-state index is 10.5. The second kappa shape index (κ2) is 6.36. The van der Waals surface area contributed by atoms with E-state index >= 15 is 0 Å². The highest BCUT2D eigenvalue weighted by atomic mass is 28.4. The molecule has 0 atom stereocenters. The van der Waals surface area contributed by atoms with E-state index in [4.69, 9.17) is 9.53 Å². The van der Waals surface area contributed by atoms with Crippen LogP contribution in [0.2, 0.25) is 18.1 Å². The molecule has 6 heteroatoms. The van der Waals surface area contributed by atoms with Gasteiger partial charge in [-0.15, -0.1) is 0 Å². The number of rotatable bonds is 6. The quantitative estimate of drug-likeness (QED) is 0.647. The summed E-state index contributed by atoms with van der Waals surface area (Å²) in [6, 6.07) is 0. The summed E-state index contributed by atoms with van der Waals surface area (Å²) in [6.45, 7) is 12.3. The fourth-order valence-corrected chi connectivity index (χ4v) is 2.46. The predicted molar refractivity (Wildman–Crippen MR) is 82.0 cm³/mol. The zero-order chi connectivity index (χ0) is 15.4. The van der Waals surface area contributed by atoms with E-state index in [9.17, 15) is 4.79 Å². The molecule has 1 aromatic heterocycles. The van der Waals surface area contributed by atoms with Crippen LogP contribution in [0.15, 0.2) is 18.5 Å². The van der Waals surface area contributed by atoms with Crippen molar-refractivity contribution < 1.29 is 14.3 Å². The summed E-state index contributed by atoms with van der Waals surface area (Å²) in [7, 11) is -1.74. The van der Waals surface area contributed by atoms with Gasteiger partial charge in [-0.1, -0.05) is 20.8 Å². The molecule has 20 heavy (non-hydrogen) atoms. The van der Waals surface area contributed by atoms with E-state index in [2.05, 4.69) is 38.8 Å². The Morgan fingerprint density at radius 2 is 2.15 bits per heavy atom. The van der Waals surface area contributed by atoms with Crippen molar-refractivity contribution in [3.63, 3.8) is 0 Å². The minimum Gasteiger partial charge on any atom is -0.478 e. The molecule has 0 amide bonds. The van der Waals surface area contributed by atoms with Crippen LogP contribution >= 0.6 is 0 Å². The maximum Gasteiger partial charge on any atom is 0.328 e. The summed E-state index contributed by atoms with van der Waals surface area (Å²) in [4.78, 5) is 14.6. The first-order valence-electron chi connectivity index (χ1n) is 6.69. The summed E-state index contributed by atoms with van der Waals surface area (Å²) in [5, 5.41) is 8.82. The van der Waals surface area contributed by atoms with Crippen LogP contribution in [-0.4, -0.2) is 35.6 Å². The Morgan fingerprint density at radius 3 is 2.70 bits per heavy atom. The molecular weight excluding hydrogens is 272 g/mol. The van der Waals surface area contributed by atoms with Gasteiger partial charge in [0.25, 0.3) is 0 Å². The van der Waals surface area contributed by atoms with Gasteiger partial charge in [-0.25, -0.2) is 9.78 Å².